The van der Waals surface area contributed by atoms with E-state index in [1.807, 2.05) is 36.2 Å². The predicted molar refractivity (Wildman–Crippen MR) is 88.3 cm³/mol. The summed E-state index contributed by atoms with van der Waals surface area (Å²) in [4.78, 5) is 15.0. The highest BCUT2D eigenvalue weighted by Gasteiger charge is 2.43. The molecule has 0 radical (unpaired) electrons. The van der Waals surface area contributed by atoms with Crippen LogP contribution in [0.2, 0.25) is 0 Å². The molecule has 4 rings (SSSR count). The lowest BCUT2D eigenvalue weighted by molar-refractivity contribution is -0.0450. The van der Waals surface area contributed by atoms with Crippen LogP contribution in [0, 0.1) is 5.92 Å². The van der Waals surface area contributed by atoms with Gasteiger partial charge < -0.3 is 9.64 Å². The fourth-order valence-corrected chi connectivity index (χ4v) is 4.15. The molecule has 1 aromatic carbocycles. The third-order valence-electron chi connectivity index (χ3n) is 5.18. The largest absolute Gasteiger partial charge is 0.373 e. The summed E-state index contributed by atoms with van der Waals surface area (Å²) in [5.41, 5.74) is 1.43. The van der Waals surface area contributed by atoms with Gasteiger partial charge in [-0.25, -0.2) is 0 Å². The Morgan fingerprint density at radius 3 is 3.00 bits per heavy atom. The second-order valence-electron chi connectivity index (χ2n) is 7.12. The van der Waals surface area contributed by atoms with Gasteiger partial charge in [-0.1, -0.05) is 25.1 Å². The molecule has 5 nitrogen and oxygen atoms in total. The topological polar surface area (TPSA) is 47.4 Å². The summed E-state index contributed by atoms with van der Waals surface area (Å²) in [5.74, 6) is 0.616. The van der Waals surface area contributed by atoms with E-state index in [0.29, 0.717) is 18.2 Å². The van der Waals surface area contributed by atoms with Crippen molar-refractivity contribution in [1.29, 1.82) is 0 Å². The summed E-state index contributed by atoms with van der Waals surface area (Å²) in [6.07, 6.45) is 3.12. The molecule has 1 spiro atoms. The van der Waals surface area contributed by atoms with Gasteiger partial charge in [-0.2, -0.15) is 5.10 Å². The number of carbonyl (C=O) groups is 1. The Labute approximate surface area is 136 Å². The van der Waals surface area contributed by atoms with Crippen LogP contribution in [0.25, 0.3) is 10.9 Å². The highest BCUT2D eigenvalue weighted by molar-refractivity contribution is 6.04. The van der Waals surface area contributed by atoms with Gasteiger partial charge >= 0.3 is 0 Å². The van der Waals surface area contributed by atoms with E-state index in [1.54, 1.807) is 4.68 Å². The maximum atomic E-state index is 13.0. The molecule has 2 saturated heterocycles. The molecule has 2 unspecified atom stereocenters. The van der Waals surface area contributed by atoms with E-state index in [4.69, 9.17) is 4.74 Å². The predicted octanol–water partition coefficient (Wildman–Crippen LogP) is 2.60. The molecule has 0 saturated carbocycles. The molecule has 0 bridgehead atoms. The Morgan fingerprint density at radius 1 is 1.39 bits per heavy atom. The van der Waals surface area contributed by atoms with Crippen molar-refractivity contribution in [3.63, 3.8) is 0 Å². The van der Waals surface area contributed by atoms with Crippen molar-refractivity contribution in [1.82, 2.24) is 14.7 Å². The Kier molecular flexibility index (Phi) is 3.41. The molecule has 2 aliphatic heterocycles. The number of carbonyl (C=O) groups excluding carboxylic acids is 1. The number of hydrogen-bond acceptors (Lipinski definition) is 3. The zero-order chi connectivity index (χ0) is 16.0. The Balaban J connectivity index is 1.63. The number of rotatable bonds is 1. The molecule has 122 valence electrons. The lowest BCUT2D eigenvalue weighted by Gasteiger charge is -2.39. The average molecular weight is 313 g/mol. The van der Waals surface area contributed by atoms with Gasteiger partial charge in [0, 0.05) is 19.0 Å². The van der Waals surface area contributed by atoms with Crippen LogP contribution in [0.3, 0.4) is 0 Å². The minimum absolute atomic E-state index is 0.0315. The monoisotopic (exact) mass is 313 g/mol. The first-order valence-electron chi connectivity index (χ1n) is 8.43. The second-order valence-corrected chi connectivity index (χ2v) is 7.12. The standard InChI is InChI=1S/C18H23N3O2/c1-13-10-18(23-11-13)8-5-9-21(12-18)17(22)16-14-6-3-4-7-15(14)20(2)19-16/h3-4,6-7,13H,5,8-12H2,1-2H3. The highest BCUT2D eigenvalue weighted by Crippen LogP contribution is 2.37. The number of amides is 1. The van der Waals surface area contributed by atoms with Gasteiger partial charge in [0.15, 0.2) is 5.69 Å². The Hall–Kier alpha value is -1.88. The van der Waals surface area contributed by atoms with E-state index in [2.05, 4.69) is 12.0 Å². The van der Waals surface area contributed by atoms with Crippen molar-refractivity contribution in [2.24, 2.45) is 13.0 Å². The van der Waals surface area contributed by atoms with Crippen LogP contribution in [0.15, 0.2) is 24.3 Å². The van der Waals surface area contributed by atoms with Gasteiger partial charge in [0.2, 0.25) is 0 Å². The number of aryl methyl sites for hydroxylation is 1. The van der Waals surface area contributed by atoms with Crippen LogP contribution in [-0.4, -0.2) is 45.9 Å². The first-order chi connectivity index (χ1) is 11.1. The van der Waals surface area contributed by atoms with E-state index in [1.165, 1.54) is 0 Å². The number of fused-ring (bicyclic) bond motifs is 1. The molecule has 2 aromatic rings. The Bertz CT molecular complexity index is 750. The smallest absolute Gasteiger partial charge is 0.275 e. The molecule has 2 fully saturated rings. The fraction of sp³-hybridized carbons (Fsp3) is 0.556. The van der Waals surface area contributed by atoms with Crippen LogP contribution in [0.5, 0.6) is 0 Å². The molecule has 2 aliphatic rings. The van der Waals surface area contributed by atoms with E-state index in [0.717, 1.165) is 43.3 Å². The molecule has 5 heteroatoms. The number of hydrogen-bond donors (Lipinski definition) is 0. The molecule has 1 amide bonds. The molecule has 23 heavy (non-hydrogen) atoms. The quantitative estimate of drug-likeness (QED) is 0.813. The molecule has 1 aromatic heterocycles. The summed E-state index contributed by atoms with van der Waals surface area (Å²) in [6.45, 7) is 4.53. The highest BCUT2D eigenvalue weighted by atomic mass is 16.5. The minimum Gasteiger partial charge on any atom is -0.373 e. The lowest BCUT2D eigenvalue weighted by atomic mass is 9.87. The normalized spacial score (nSPS) is 27.9. The molecule has 0 N–H and O–H groups in total. The third kappa shape index (κ3) is 2.43. The average Bonchev–Trinajstić information content (AvgIpc) is 3.08. The zero-order valence-corrected chi connectivity index (χ0v) is 13.8. The van der Waals surface area contributed by atoms with Gasteiger partial charge in [-0.05, 0) is 31.2 Å². The van der Waals surface area contributed by atoms with Crippen molar-refractivity contribution in [2.75, 3.05) is 19.7 Å². The van der Waals surface area contributed by atoms with Gasteiger partial charge in [-0.15, -0.1) is 0 Å². The Morgan fingerprint density at radius 2 is 2.22 bits per heavy atom. The molecule has 2 atom stereocenters. The summed E-state index contributed by atoms with van der Waals surface area (Å²) in [7, 11) is 1.89. The number of benzene rings is 1. The van der Waals surface area contributed by atoms with Crippen LogP contribution >= 0.6 is 0 Å². The fourth-order valence-electron chi connectivity index (χ4n) is 4.15. The van der Waals surface area contributed by atoms with Crippen molar-refractivity contribution in [3.8, 4) is 0 Å². The van der Waals surface area contributed by atoms with Crippen LogP contribution in [0.4, 0.5) is 0 Å². The summed E-state index contributed by atoms with van der Waals surface area (Å²) in [5, 5.41) is 5.41. The molecule has 3 heterocycles. The lowest BCUT2D eigenvalue weighted by Crippen LogP contribution is -2.50. The SMILES string of the molecule is CC1COC2(CCCN(C(=O)c3nn(C)c4ccccc34)C2)C1. The summed E-state index contributed by atoms with van der Waals surface area (Å²) < 4.78 is 7.87. The zero-order valence-electron chi connectivity index (χ0n) is 13.8. The number of aromatic nitrogens is 2. The minimum atomic E-state index is -0.127. The maximum absolute atomic E-state index is 13.0. The summed E-state index contributed by atoms with van der Waals surface area (Å²) in [6, 6.07) is 7.91. The summed E-state index contributed by atoms with van der Waals surface area (Å²) >= 11 is 0. The third-order valence-corrected chi connectivity index (χ3v) is 5.18. The van der Waals surface area contributed by atoms with Crippen molar-refractivity contribution in [2.45, 2.75) is 31.8 Å². The maximum Gasteiger partial charge on any atom is 0.275 e. The number of nitrogens with zero attached hydrogens (tertiary/aromatic N) is 3. The van der Waals surface area contributed by atoms with Crippen molar-refractivity contribution in [3.05, 3.63) is 30.0 Å². The molecule has 0 aliphatic carbocycles. The second kappa shape index (κ2) is 5.34. The van der Waals surface area contributed by atoms with Gasteiger partial charge in [0.05, 0.1) is 24.3 Å². The van der Waals surface area contributed by atoms with E-state index in [-0.39, 0.29) is 11.5 Å². The van der Waals surface area contributed by atoms with Crippen molar-refractivity contribution < 1.29 is 9.53 Å². The molecular formula is C18H23N3O2. The van der Waals surface area contributed by atoms with Gasteiger partial charge in [0.1, 0.15) is 0 Å². The number of piperidine rings is 1. The number of para-hydroxylation sites is 1. The van der Waals surface area contributed by atoms with Crippen LogP contribution < -0.4 is 0 Å². The first kappa shape index (κ1) is 14.7. The van der Waals surface area contributed by atoms with Crippen molar-refractivity contribution >= 4 is 16.8 Å². The van der Waals surface area contributed by atoms with Crippen LogP contribution in [0.1, 0.15) is 36.7 Å². The van der Waals surface area contributed by atoms with Crippen LogP contribution in [-0.2, 0) is 11.8 Å². The van der Waals surface area contributed by atoms with E-state index >= 15 is 0 Å². The molecular weight excluding hydrogens is 290 g/mol. The van der Waals surface area contributed by atoms with E-state index < -0.39 is 0 Å². The first-order valence-corrected chi connectivity index (χ1v) is 8.43. The van der Waals surface area contributed by atoms with Gasteiger partial charge in [-0.3, -0.25) is 9.48 Å². The number of ether oxygens (including phenoxy) is 1. The van der Waals surface area contributed by atoms with E-state index in [9.17, 15) is 4.79 Å². The number of likely N-dealkylation sites (tertiary alicyclic amines) is 1. The van der Waals surface area contributed by atoms with Gasteiger partial charge in [0.25, 0.3) is 5.91 Å².